The molecule has 5 fully saturated rings. The lowest BCUT2D eigenvalue weighted by molar-refractivity contribution is -0.139. The van der Waals surface area contributed by atoms with Gasteiger partial charge in [-0.3, -0.25) is 4.79 Å². The minimum atomic E-state index is -0.626. The molecule has 4 saturated carbocycles. The van der Waals surface area contributed by atoms with Gasteiger partial charge in [-0.1, -0.05) is 32.9 Å². The summed E-state index contributed by atoms with van der Waals surface area (Å²) in [7, 11) is 0. The molecule has 0 unspecified atom stereocenters. The van der Waals surface area contributed by atoms with Gasteiger partial charge in [0.1, 0.15) is 0 Å². The van der Waals surface area contributed by atoms with Crippen LogP contribution in [0.25, 0.3) is 0 Å². The van der Waals surface area contributed by atoms with Gasteiger partial charge in [0.15, 0.2) is 0 Å². The van der Waals surface area contributed by atoms with E-state index in [2.05, 4.69) is 48.1 Å². The zero-order valence-corrected chi connectivity index (χ0v) is 22.1. The second-order valence-corrected chi connectivity index (χ2v) is 14.2. The van der Waals surface area contributed by atoms with Crippen LogP contribution in [0.5, 0.6) is 0 Å². The fourth-order valence-electron chi connectivity index (χ4n) is 10.6. The summed E-state index contributed by atoms with van der Waals surface area (Å²) >= 11 is 0. The van der Waals surface area contributed by atoms with Gasteiger partial charge in [-0.05, 0) is 130 Å². The molecular formula is C30H48O3. The first-order valence-corrected chi connectivity index (χ1v) is 13.9. The molecule has 4 aliphatic carbocycles. The molecule has 1 saturated heterocycles. The molecule has 0 radical (unpaired) electrons. The highest BCUT2D eigenvalue weighted by atomic mass is 16.6. The number of fused-ring (bicyclic) bond motifs is 2. The number of carboxylic acids is 1. The van der Waals surface area contributed by atoms with E-state index in [1.165, 1.54) is 63.4 Å². The van der Waals surface area contributed by atoms with E-state index in [0.29, 0.717) is 34.7 Å². The molecule has 0 aromatic heterocycles. The zero-order chi connectivity index (χ0) is 24.0. The van der Waals surface area contributed by atoms with Crippen molar-refractivity contribution in [1.82, 2.24) is 0 Å². The number of allylic oxidation sites excluding steroid dienone is 1. The predicted octanol–water partition coefficient (Wildman–Crippen LogP) is 7.64. The van der Waals surface area contributed by atoms with E-state index in [9.17, 15) is 9.90 Å². The molecule has 1 heterocycles. The number of carbonyl (C=O) groups is 1. The Labute approximate surface area is 202 Å². The van der Waals surface area contributed by atoms with Gasteiger partial charge in [0.25, 0.3) is 0 Å². The summed E-state index contributed by atoms with van der Waals surface area (Å²) in [5, 5.41) is 9.53. The molecule has 3 nitrogen and oxygen atoms in total. The third kappa shape index (κ3) is 3.19. The van der Waals surface area contributed by atoms with Crippen molar-refractivity contribution in [2.24, 2.45) is 45.3 Å². The van der Waals surface area contributed by atoms with E-state index in [-0.39, 0.29) is 11.0 Å². The Morgan fingerprint density at radius 1 is 1.09 bits per heavy atom. The van der Waals surface area contributed by atoms with Crippen molar-refractivity contribution in [3.63, 3.8) is 0 Å². The van der Waals surface area contributed by atoms with Gasteiger partial charge < -0.3 is 9.84 Å². The van der Waals surface area contributed by atoms with Gasteiger partial charge in [-0.25, -0.2) is 0 Å². The molecule has 0 bridgehead atoms. The lowest BCUT2D eigenvalue weighted by Gasteiger charge is -2.61. The number of hydrogen-bond donors (Lipinski definition) is 1. The highest BCUT2D eigenvalue weighted by Gasteiger charge is 2.80. The molecule has 186 valence electrons. The summed E-state index contributed by atoms with van der Waals surface area (Å²) < 4.78 is 5.89. The van der Waals surface area contributed by atoms with Crippen molar-refractivity contribution in [2.45, 2.75) is 124 Å². The molecule has 1 N–H and O–H groups in total. The summed E-state index contributed by atoms with van der Waals surface area (Å²) in [6, 6.07) is 0. The number of carboxylic acid groups (broad SMARTS) is 1. The first kappa shape index (κ1) is 23.9. The van der Waals surface area contributed by atoms with E-state index in [0.717, 1.165) is 24.2 Å². The predicted molar refractivity (Wildman–Crippen MR) is 133 cm³/mol. The molecular weight excluding hydrogens is 408 g/mol. The fourth-order valence-corrected chi connectivity index (χ4v) is 10.6. The molecule has 1 spiro atoms. The fraction of sp³-hybridized carbons (Fsp3) is 0.900. The number of rotatable bonds is 8. The van der Waals surface area contributed by atoms with Crippen LogP contribution in [0.15, 0.2) is 12.2 Å². The van der Waals surface area contributed by atoms with Crippen LogP contribution in [0.4, 0.5) is 0 Å². The molecule has 0 amide bonds. The summed E-state index contributed by atoms with van der Waals surface area (Å²) in [4.78, 5) is 11.6. The third-order valence-electron chi connectivity index (χ3n) is 12.6. The molecule has 5 rings (SSSR count). The molecule has 0 aromatic rings. The Bertz CT molecular complexity index is 845. The van der Waals surface area contributed by atoms with Gasteiger partial charge >= 0.3 is 5.97 Å². The average molecular weight is 457 g/mol. The molecule has 0 aromatic carbocycles. The topological polar surface area (TPSA) is 49.8 Å². The maximum Gasteiger partial charge on any atom is 0.303 e. The van der Waals surface area contributed by atoms with Gasteiger partial charge in [-0.15, -0.1) is 0 Å². The largest absolute Gasteiger partial charge is 0.481 e. The molecule has 1 aliphatic heterocycles. The minimum Gasteiger partial charge on any atom is -0.481 e. The zero-order valence-electron chi connectivity index (χ0n) is 22.1. The smallest absolute Gasteiger partial charge is 0.303 e. The Hall–Kier alpha value is -0.830. The quantitative estimate of drug-likeness (QED) is 0.301. The maximum atomic E-state index is 11.6. The number of aliphatic carboxylic acids is 1. The van der Waals surface area contributed by atoms with Crippen LogP contribution in [-0.2, 0) is 9.53 Å². The van der Waals surface area contributed by atoms with Crippen LogP contribution in [0.2, 0.25) is 0 Å². The van der Waals surface area contributed by atoms with Crippen LogP contribution >= 0.6 is 0 Å². The van der Waals surface area contributed by atoms with Crippen molar-refractivity contribution in [3.05, 3.63) is 12.2 Å². The maximum absolute atomic E-state index is 11.6. The van der Waals surface area contributed by atoms with Crippen molar-refractivity contribution < 1.29 is 14.6 Å². The number of ether oxygens (including phenoxy) is 1. The minimum absolute atomic E-state index is 0.109. The summed E-state index contributed by atoms with van der Waals surface area (Å²) in [5.74, 6) is 2.23. The Kier molecular flexibility index (Phi) is 5.31. The first-order valence-electron chi connectivity index (χ1n) is 13.9. The van der Waals surface area contributed by atoms with E-state index >= 15 is 0 Å². The standard InChI is InChI=1S/C30H48O3/c1-19(2)21-9-10-23-28(7)14-12-22(20(3)8-11-24-26(4,5)33-24)27(28,6)16-17-30(23)18-29(21,30)15-13-25(31)32/h20-24H,1,8-18H2,2-7H3,(H,31,32)/t20-,21+,22-,23+,24+,27-,28+,29-,30+/m1/s1. The number of hydrogen-bond acceptors (Lipinski definition) is 2. The summed E-state index contributed by atoms with van der Waals surface area (Å²) in [6.07, 6.45) is 13.3. The highest BCUT2D eigenvalue weighted by Crippen LogP contribution is 2.87. The summed E-state index contributed by atoms with van der Waals surface area (Å²) in [6.45, 7) is 18.9. The first-order chi connectivity index (χ1) is 15.3. The second kappa shape index (κ2) is 7.34. The van der Waals surface area contributed by atoms with E-state index in [4.69, 9.17) is 4.74 Å². The van der Waals surface area contributed by atoms with E-state index in [1.54, 1.807) is 0 Å². The van der Waals surface area contributed by atoms with Crippen molar-refractivity contribution >= 4 is 5.97 Å². The van der Waals surface area contributed by atoms with Gasteiger partial charge in [-0.2, -0.15) is 0 Å². The average Bonchev–Trinajstić information content (AvgIpc) is 3.55. The Morgan fingerprint density at radius 2 is 1.79 bits per heavy atom. The van der Waals surface area contributed by atoms with Gasteiger partial charge in [0.05, 0.1) is 11.7 Å². The Morgan fingerprint density at radius 3 is 2.39 bits per heavy atom. The Balaban J connectivity index is 1.37. The lowest BCUT2D eigenvalue weighted by atomic mass is 9.43. The molecule has 3 heteroatoms. The van der Waals surface area contributed by atoms with E-state index < -0.39 is 5.97 Å². The molecule has 33 heavy (non-hydrogen) atoms. The monoisotopic (exact) mass is 456 g/mol. The summed E-state index contributed by atoms with van der Waals surface area (Å²) in [5.41, 5.74) is 2.81. The van der Waals surface area contributed by atoms with Crippen molar-refractivity contribution in [3.8, 4) is 0 Å². The van der Waals surface area contributed by atoms with Crippen LogP contribution < -0.4 is 0 Å². The van der Waals surface area contributed by atoms with Gasteiger partial charge in [0.2, 0.25) is 0 Å². The second-order valence-electron chi connectivity index (χ2n) is 14.2. The van der Waals surface area contributed by atoms with Crippen LogP contribution in [0, 0.1) is 45.3 Å². The van der Waals surface area contributed by atoms with E-state index in [1.807, 2.05) is 0 Å². The normalized spacial score (nSPS) is 50.0. The lowest BCUT2D eigenvalue weighted by Crippen LogP contribution is -2.54. The molecule has 5 aliphatic rings. The highest BCUT2D eigenvalue weighted by molar-refractivity contribution is 5.67. The van der Waals surface area contributed by atoms with Crippen molar-refractivity contribution in [2.75, 3.05) is 0 Å². The molecule has 9 atom stereocenters. The van der Waals surface area contributed by atoms with Crippen LogP contribution in [0.3, 0.4) is 0 Å². The third-order valence-corrected chi connectivity index (χ3v) is 12.6. The number of epoxide rings is 1. The van der Waals surface area contributed by atoms with Gasteiger partial charge in [0, 0.05) is 6.42 Å². The van der Waals surface area contributed by atoms with Crippen molar-refractivity contribution in [1.29, 1.82) is 0 Å². The van der Waals surface area contributed by atoms with Crippen LogP contribution in [0.1, 0.15) is 112 Å². The van der Waals surface area contributed by atoms with Crippen LogP contribution in [-0.4, -0.2) is 22.8 Å². The SMILES string of the molecule is C=C(C)[C@@H]1CC[C@@H]2[C@]3(CC[C@]4(C)[C@@H]([C@H](C)CC[C@@H]5OC5(C)C)CC[C@@]24C)C[C@]13CCC(=O)O.